The molecule has 4 N–H and O–H groups in total. The van der Waals surface area contributed by atoms with E-state index in [0.717, 1.165) is 0 Å². The van der Waals surface area contributed by atoms with E-state index in [4.69, 9.17) is 20.3 Å². The number of aliphatic hydroxyl groups excluding tert-OH is 1. The van der Waals surface area contributed by atoms with E-state index in [1.165, 1.54) is 20.3 Å². The molecule has 16 heavy (non-hydrogen) atoms. The molecule has 0 spiro atoms. The Bertz CT molecular complexity index is 354. The van der Waals surface area contributed by atoms with Gasteiger partial charge in [0.25, 0.3) is 0 Å². The summed E-state index contributed by atoms with van der Waals surface area (Å²) in [6, 6.07) is 2.73. The number of methoxy groups -OCH3 is 2. The molecule has 1 unspecified atom stereocenters. The summed E-state index contributed by atoms with van der Waals surface area (Å²) >= 11 is 0. The topological polar surface area (TPSA) is 84.9 Å². The zero-order valence-corrected chi connectivity index (χ0v) is 9.43. The third-order valence-electron chi connectivity index (χ3n) is 2.32. The molecule has 0 aliphatic rings. The van der Waals surface area contributed by atoms with Gasteiger partial charge in [-0.1, -0.05) is 0 Å². The number of aliphatic hydroxyl groups is 1. The summed E-state index contributed by atoms with van der Waals surface area (Å²) in [6.07, 6.45) is 0.343. The Morgan fingerprint density at radius 3 is 2.50 bits per heavy atom. The van der Waals surface area contributed by atoms with E-state index in [0.29, 0.717) is 23.5 Å². The van der Waals surface area contributed by atoms with Crippen LogP contribution in [-0.2, 0) is 6.42 Å². The van der Waals surface area contributed by atoms with E-state index in [2.05, 4.69) is 0 Å². The smallest absolute Gasteiger partial charge is 0.129 e. The Morgan fingerprint density at radius 1 is 1.31 bits per heavy atom. The molecule has 1 rings (SSSR count). The summed E-state index contributed by atoms with van der Waals surface area (Å²) in [5, 5.41) is 18.7. The molecule has 0 fully saturated rings. The number of hydrogen-bond acceptors (Lipinski definition) is 5. The van der Waals surface area contributed by atoms with Crippen LogP contribution in [-0.4, -0.2) is 37.1 Å². The number of ether oxygens (including phenoxy) is 2. The van der Waals surface area contributed by atoms with E-state index in [9.17, 15) is 5.11 Å². The van der Waals surface area contributed by atoms with Crippen molar-refractivity contribution in [1.29, 1.82) is 0 Å². The monoisotopic (exact) mass is 227 g/mol. The number of phenolic OH excluding ortho intramolecular Hbond substituents is 1. The summed E-state index contributed by atoms with van der Waals surface area (Å²) in [6.45, 7) is -0.144. The fourth-order valence-corrected chi connectivity index (χ4v) is 1.44. The van der Waals surface area contributed by atoms with Crippen LogP contribution in [0.1, 0.15) is 5.56 Å². The molecule has 0 aromatic heterocycles. The summed E-state index contributed by atoms with van der Waals surface area (Å²) in [5.41, 5.74) is 6.19. The maximum Gasteiger partial charge on any atom is 0.129 e. The molecule has 0 aliphatic carbocycles. The summed E-state index contributed by atoms with van der Waals surface area (Å²) < 4.78 is 10.1. The summed E-state index contributed by atoms with van der Waals surface area (Å²) in [4.78, 5) is 0. The van der Waals surface area contributed by atoms with E-state index < -0.39 is 6.04 Å². The molecule has 90 valence electrons. The predicted octanol–water partition coefficient (Wildman–Crippen LogP) is 0.271. The molecule has 1 aromatic carbocycles. The Morgan fingerprint density at radius 2 is 2.00 bits per heavy atom. The largest absolute Gasteiger partial charge is 0.507 e. The quantitative estimate of drug-likeness (QED) is 0.672. The van der Waals surface area contributed by atoms with Gasteiger partial charge in [0.05, 0.1) is 20.8 Å². The minimum Gasteiger partial charge on any atom is -0.507 e. The van der Waals surface area contributed by atoms with Crippen molar-refractivity contribution in [3.05, 3.63) is 17.7 Å². The zero-order chi connectivity index (χ0) is 12.1. The van der Waals surface area contributed by atoms with Crippen LogP contribution >= 0.6 is 0 Å². The summed E-state index contributed by atoms with van der Waals surface area (Å²) in [5.74, 6) is 1.07. The molecule has 0 bridgehead atoms. The van der Waals surface area contributed by atoms with Gasteiger partial charge in [-0.15, -0.1) is 0 Å². The second-order valence-corrected chi connectivity index (χ2v) is 3.47. The van der Waals surface area contributed by atoms with Crippen molar-refractivity contribution in [1.82, 2.24) is 0 Å². The standard InChI is InChI=1S/C11H17NO4/c1-15-8-4-10(14)9(3-7(12)6-13)11(5-8)16-2/h4-5,7,13-14H,3,6,12H2,1-2H3. The molecule has 0 amide bonds. The van der Waals surface area contributed by atoms with Crippen molar-refractivity contribution < 1.29 is 19.7 Å². The zero-order valence-electron chi connectivity index (χ0n) is 9.43. The van der Waals surface area contributed by atoms with Crippen LogP contribution in [0.3, 0.4) is 0 Å². The highest BCUT2D eigenvalue weighted by molar-refractivity contribution is 5.50. The van der Waals surface area contributed by atoms with Gasteiger partial charge in [0.15, 0.2) is 0 Å². The lowest BCUT2D eigenvalue weighted by Gasteiger charge is -2.15. The van der Waals surface area contributed by atoms with Gasteiger partial charge < -0.3 is 25.4 Å². The molecule has 5 heteroatoms. The number of phenols is 1. The van der Waals surface area contributed by atoms with Crippen LogP contribution in [0.25, 0.3) is 0 Å². The van der Waals surface area contributed by atoms with Crippen LogP contribution in [0.15, 0.2) is 12.1 Å². The molecule has 0 radical (unpaired) electrons. The number of aromatic hydroxyl groups is 1. The number of rotatable bonds is 5. The minimum absolute atomic E-state index is 0.0556. The first-order valence-corrected chi connectivity index (χ1v) is 4.92. The van der Waals surface area contributed by atoms with Crippen molar-refractivity contribution in [2.75, 3.05) is 20.8 Å². The van der Waals surface area contributed by atoms with Gasteiger partial charge in [-0.2, -0.15) is 0 Å². The lowest BCUT2D eigenvalue weighted by molar-refractivity contribution is 0.263. The second kappa shape index (κ2) is 5.58. The normalized spacial score (nSPS) is 12.2. The summed E-state index contributed by atoms with van der Waals surface area (Å²) in [7, 11) is 3.01. The lowest BCUT2D eigenvalue weighted by atomic mass is 10.0. The number of benzene rings is 1. The predicted molar refractivity (Wildman–Crippen MR) is 60.0 cm³/mol. The van der Waals surface area contributed by atoms with Gasteiger partial charge >= 0.3 is 0 Å². The average Bonchev–Trinajstić information content (AvgIpc) is 2.30. The highest BCUT2D eigenvalue weighted by Crippen LogP contribution is 2.33. The second-order valence-electron chi connectivity index (χ2n) is 3.47. The molecule has 0 heterocycles. The maximum atomic E-state index is 9.78. The third kappa shape index (κ3) is 2.77. The van der Waals surface area contributed by atoms with Gasteiger partial charge in [0.1, 0.15) is 17.2 Å². The van der Waals surface area contributed by atoms with E-state index in [1.54, 1.807) is 6.07 Å². The molecular weight excluding hydrogens is 210 g/mol. The van der Waals surface area contributed by atoms with Gasteiger partial charge in [0, 0.05) is 23.7 Å². The Kier molecular flexibility index (Phi) is 4.39. The first kappa shape index (κ1) is 12.6. The molecule has 1 aromatic rings. The molecule has 0 saturated heterocycles. The molecular formula is C11H17NO4. The van der Waals surface area contributed by atoms with Crippen molar-refractivity contribution in [2.24, 2.45) is 5.73 Å². The van der Waals surface area contributed by atoms with Crippen LogP contribution in [0.4, 0.5) is 0 Å². The first-order valence-electron chi connectivity index (χ1n) is 4.92. The lowest BCUT2D eigenvalue weighted by Crippen LogP contribution is -2.27. The van der Waals surface area contributed by atoms with Gasteiger partial charge in [-0.25, -0.2) is 0 Å². The number of nitrogens with two attached hydrogens (primary N) is 1. The van der Waals surface area contributed by atoms with Gasteiger partial charge in [-0.3, -0.25) is 0 Å². The van der Waals surface area contributed by atoms with Gasteiger partial charge in [-0.05, 0) is 6.42 Å². The van der Waals surface area contributed by atoms with Crippen molar-refractivity contribution in [3.8, 4) is 17.2 Å². The highest BCUT2D eigenvalue weighted by Gasteiger charge is 2.14. The highest BCUT2D eigenvalue weighted by atomic mass is 16.5. The maximum absolute atomic E-state index is 9.78. The fraction of sp³-hybridized carbons (Fsp3) is 0.455. The first-order chi connectivity index (χ1) is 7.62. The minimum atomic E-state index is -0.423. The van der Waals surface area contributed by atoms with Crippen molar-refractivity contribution >= 4 is 0 Å². The van der Waals surface area contributed by atoms with Crippen molar-refractivity contribution in [3.63, 3.8) is 0 Å². The molecule has 0 saturated carbocycles. The van der Waals surface area contributed by atoms with Crippen LogP contribution < -0.4 is 15.2 Å². The molecule has 0 aliphatic heterocycles. The van der Waals surface area contributed by atoms with Crippen LogP contribution in [0.5, 0.6) is 17.2 Å². The number of hydrogen-bond donors (Lipinski definition) is 3. The fourth-order valence-electron chi connectivity index (χ4n) is 1.44. The van der Waals surface area contributed by atoms with E-state index >= 15 is 0 Å². The van der Waals surface area contributed by atoms with Gasteiger partial charge in [0.2, 0.25) is 0 Å². The SMILES string of the molecule is COc1cc(O)c(CC(N)CO)c(OC)c1. The van der Waals surface area contributed by atoms with Crippen LogP contribution in [0, 0.1) is 0 Å². The Balaban J connectivity index is 3.06. The Labute approximate surface area is 94.4 Å². The van der Waals surface area contributed by atoms with E-state index in [-0.39, 0.29) is 12.4 Å². The Hall–Kier alpha value is -1.46. The van der Waals surface area contributed by atoms with Crippen molar-refractivity contribution in [2.45, 2.75) is 12.5 Å². The van der Waals surface area contributed by atoms with Crippen LogP contribution in [0.2, 0.25) is 0 Å². The van der Waals surface area contributed by atoms with E-state index in [1.807, 2.05) is 0 Å². The average molecular weight is 227 g/mol. The molecule has 5 nitrogen and oxygen atoms in total. The third-order valence-corrected chi connectivity index (χ3v) is 2.32. The molecule has 1 atom stereocenters.